The Labute approximate surface area is 327 Å². The van der Waals surface area contributed by atoms with Crippen molar-refractivity contribution in [2.45, 2.75) is 32.2 Å². The molecular weight excluding hydrogens is 750 g/mol. The molecule has 0 saturated heterocycles. The lowest BCUT2D eigenvalue weighted by Crippen LogP contribution is -2.42. The molecule has 55 heavy (non-hydrogen) atoms. The topological polar surface area (TPSA) is 202 Å². The van der Waals surface area contributed by atoms with Gasteiger partial charge in [0.1, 0.15) is 19.8 Å². The molecule has 0 aliphatic rings. The predicted octanol–water partition coefficient (Wildman–Crippen LogP) is 1.57. The van der Waals surface area contributed by atoms with Crippen LogP contribution in [0.2, 0.25) is 6.04 Å². The molecule has 0 aliphatic heterocycles. The first-order valence-corrected chi connectivity index (χ1v) is 20.5. The minimum Gasteiger partial charge on any atom is -0.463 e. The van der Waals surface area contributed by atoms with Gasteiger partial charge in [-0.2, -0.15) is 0 Å². The van der Waals surface area contributed by atoms with Crippen molar-refractivity contribution < 1.29 is 84.5 Å². The van der Waals surface area contributed by atoms with Crippen LogP contribution in [0, 0.1) is 0 Å². The monoisotopic (exact) mass is 817 g/mol. The lowest BCUT2D eigenvalue weighted by atomic mass is 10.2. The second kappa shape index (κ2) is 39.9. The Balaban J connectivity index is 3.24. The van der Waals surface area contributed by atoms with E-state index in [1.54, 1.807) is 28.3 Å². The van der Waals surface area contributed by atoms with Crippen LogP contribution in [-0.2, 0) is 79.7 Å². The van der Waals surface area contributed by atoms with Crippen molar-refractivity contribution in [2.24, 2.45) is 0 Å². The van der Waals surface area contributed by atoms with Crippen LogP contribution >= 0.6 is 0 Å². The number of carbonyl (C=O) groups is 3. The fraction of sp³-hybridized carbons (Fsp3) is 0.857. The average Bonchev–Trinajstić information content (AvgIpc) is 3.18. The van der Waals surface area contributed by atoms with E-state index < -0.39 is 20.9 Å². The van der Waals surface area contributed by atoms with E-state index in [0.717, 1.165) is 6.42 Å². The fourth-order valence-electron chi connectivity index (χ4n) is 3.98. The Kier molecular flexibility index (Phi) is 38.2. The number of hydrogen-bond donors (Lipinski definition) is 1. The molecule has 0 atom stereocenters. The van der Waals surface area contributed by atoms with Crippen molar-refractivity contribution in [3.8, 4) is 0 Å². The van der Waals surface area contributed by atoms with E-state index in [9.17, 15) is 14.4 Å². The minimum atomic E-state index is -2.59. The summed E-state index contributed by atoms with van der Waals surface area (Å²) in [5.74, 6) is -0.727. The van der Waals surface area contributed by atoms with E-state index >= 15 is 0 Å². The third kappa shape index (κ3) is 35.8. The Bertz CT molecular complexity index is 922. The molecule has 1 amide bonds. The first kappa shape index (κ1) is 52.7. The van der Waals surface area contributed by atoms with E-state index in [2.05, 4.69) is 11.9 Å². The fourth-order valence-corrected chi connectivity index (χ4v) is 5.78. The standard InChI is InChI=1S/C35H67NO18Si/c1-32(2)34(38)53-29-26-43-10-9-36-35(39)54-30-27-51-24-22-49-20-18-47-16-14-45-12-11-44-13-15-46-17-19-48-21-23-50-25-28-52-33(37)8-6-7-31-55(40-3,41-4)42-5/h1,6-31H2,2-5H3,(H,36,39). The minimum absolute atomic E-state index is 0.107. The molecule has 1 N–H and O–H groups in total. The zero-order valence-electron chi connectivity index (χ0n) is 33.4. The van der Waals surface area contributed by atoms with Gasteiger partial charge in [-0.05, 0) is 19.8 Å². The Morgan fingerprint density at radius 3 is 1.20 bits per heavy atom. The molecule has 0 bridgehead atoms. The average molecular weight is 818 g/mol. The lowest BCUT2D eigenvalue weighted by Gasteiger charge is -2.24. The zero-order chi connectivity index (χ0) is 40.5. The lowest BCUT2D eigenvalue weighted by molar-refractivity contribution is -0.145. The first-order chi connectivity index (χ1) is 26.8. The smallest absolute Gasteiger partial charge is 0.463 e. The summed E-state index contributed by atoms with van der Waals surface area (Å²) in [6.45, 7) is 12.8. The summed E-state index contributed by atoms with van der Waals surface area (Å²) in [5.41, 5.74) is 0.325. The van der Waals surface area contributed by atoms with Gasteiger partial charge < -0.3 is 75.4 Å². The van der Waals surface area contributed by atoms with E-state index in [1.807, 2.05) is 0 Å². The highest BCUT2D eigenvalue weighted by Gasteiger charge is 2.36. The van der Waals surface area contributed by atoms with Crippen LogP contribution in [0.15, 0.2) is 12.2 Å². The van der Waals surface area contributed by atoms with E-state index in [-0.39, 0.29) is 52.2 Å². The Morgan fingerprint density at radius 1 is 0.473 bits per heavy atom. The Hall–Kier alpha value is -2.31. The molecule has 20 heteroatoms. The molecular formula is C35H67NO18Si. The van der Waals surface area contributed by atoms with Gasteiger partial charge in [0.2, 0.25) is 0 Å². The number of rotatable bonds is 42. The van der Waals surface area contributed by atoms with Crippen molar-refractivity contribution in [3.63, 3.8) is 0 Å². The molecule has 0 spiro atoms. The quantitative estimate of drug-likeness (QED) is 0.0306. The summed E-state index contributed by atoms with van der Waals surface area (Å²) >= 11 is 0. The van der Waals surface area contributed by atoms with Crippen LogP contribution in [0.4, 0.5) is 4.79 Å². The van der Waals surface area contributed by atoms with Gasteiger partial charge in [-0.3, -0.25) is 4.79 Å². The summed E-state index contributed by atoms with van der Waals surface area (Å²) in [6, 6.07) is 0.645. The molecule has 0 aromatic rings. The van der Waals surface area contributed by atoms with Crippen LogP contribution in [0.1, 0.15) is 26.2 Å². The molecule has 0 aromatic heterocycles. The number of unbranched alkanes of at least 4 members (excludes halogenated alkanes) is 1. The second-order valence-corrected chi connectivity index (χ2v) is 14.3. The van der Waals surface area contributed by atoms with Gasteiger partial charge in [0, 0.05) is 45.9 Å². The second-order valence-electron chi connectivity index (χ2n) is 11.2. The molecule has 0 saturated carbocycles. The van der Waals surface area contributed by atoms with Gasteiger partial charge in [-0.25, -0.2) is 9.59 Å². The summed E-state index contributed by atoms with van der Waals surface area (Å²) in [6.07, 6.45) is 1.17. The molecule has 0 radical (unpaired) electrons. The van der Waals surface area contributed by atoms with Gasteiger partial charge in [0.15, 0.2) is 0 Å². The maximum atomic E-state index is 11.8. The first-order valence-electron chi connectivity index (χ1n) is 18.5. The van der Waals surface area contributed by atoms with Crippen LogP contribution in [0.25, 0.3) is 0 Å². The number of esters is 2. The molecule has 324 valence electrons. The van der Waals surface area contributed by atoms with Crippen molar-refractivity contribution >= 4 is 26.8 Å². The van der Waals surface area contributed by atoms with Crippen LogP contribution in [0.5, 0.6) is 0 Å². The van der Waals surface area contributed by atoms with Crippen LogP contribution in [0.3, 0.4) is 0 Å². The molecule has 0 fully saturated rings. The van der Waals surface area contributed by atoms with Crippen molar-refractivity contribution in [2.75, 3.05) is 167 Å². The summed E-state index contributed by atoms with van der Waals surface area (Å²) in [4.78, 5) is 34.6. The normalized spacial score (nSPS) is 11.4. The summed E-state index contributed by atoms with van der Waals surface area (Å²) in [7, 11) is 2.12. The van der Waals surface area contributed by atoms with Gasteiger partial charge in [-0.15, -0.1) is 0 Å². The molecule has 0 aliphatic carbocycles. The van der Waals surface area contributed by atoms with E-state index in [0.29, 0.717) is 124 Å². The number of amides is 1. The molecule has 0 heterocycles. The molecule has 0 aromatic carbocycles. The van der Waals surface area contributed by atoms with Gasteiger partial charge in [0.05, 0.1) is 119 Å². The van der Waals surface area contributed by atoms with Gasteiger partial charge in [0.25, 0.3) is 0 Å². The zero-order valence-corrected chi connectivity index (χ0v) is 34.4. The Morgan fingerprint density at radius 2 is 0.818 bits per heavy atom. The summed E-state index contributed by atoms with van der Waals surface area (Å²) < 4.78 is 79.9. The highest BCUT2D eigenvalue weighted by molar-refractivity contribution is 6.60. The number of alkyl carbamates (subject to hydrolysis) is 1. The van der Waals surface area contributed by atoms with Crippen molar-refractivity contribution in [1.29, 1.82) is 0 Å². The largest absolute Gasteiger partial charge is 0.500 e. The van der Waals surface area contributed by atoms with E-state index in [4.69, 9.17) is 70.1 Å². The summed E-state index contributed by atoms with van der Waals surface area (Å²) in [5, 5.41) is 2.54. The molecule has 19 nitrogen and oxygen atoms in total. The molecule has 0 unspecified atom stereocenters. The van der Waals surface area contributed by atoms with Crippen LogP contribution in [-0.4, -0.2) is 193 Å². The third-order valence-electron chi connectivity index (χ3n) is 6.93. The number of ether oxygens (including phenoxy) is 12. The van der Waals surface area contributed by atoms with Gasteiger partial charge in [-0.1, -0.05) is 6.58 Å². The van der Waals surface area contributed by atoms with Crippen molar-refractivity contribution in [1.82, 2.24) is 5.32 Å². The number of nitrogens with one attached hydrogen (secondary N) is 1. The molecule has 0 rings (SSSR count). The maximum absolute atomic E-state index is 11.8. The predicted molar refractivity (Wildman–Crippen MR) is 199 cm³/mol. The van der Waals surface area contributed by atoms with E-state index in [1.165, 1.54) is 0 Å². The number of hydrogen-bond acceptors (Lipinski definition) is 18. The highest BCUT2D eigenvalue weighted by atomic mass is 28.4. The number of carbonyl (C=O) groups excluding carboxylic acids is 3. The third-order valence-corrected chi connectivity index (χ3v) is 9.76. The highest BCUT2D eigenvalue weighted by Crippen LogP contribution is 2.17. The van der Waals surface area contributed by atoms with Crippen molar-refractivity contribution in [3.05, 3.63) is 12.2 Å². The maximum Gasteiger partial charge on any atom is 0.500 e. The SMILES string of the molecule is C=C(C)C(=O)OCCOCCNC(=O)OCCOCCOCCOCCOCCOCCOCCOCCOCCOC(=O)CCCC[Si](OC)(OC)OC. The van der Waals surface area contributed by atoms with Gasteiger partial charge >= 0.3 is 26.8 Å². The van der Waals surface area contributed by atoms with Crippen LogP contribution < -0.4 is 5.32 Å².